The van der Waals surface area contributed by atoms with E-state index in [1.165, 1.54) is 18.0 Å². The molecule has 0 saturated carbocycles. The number of anilines is 1. The Hall–Kier alpha value is -2.15. The van der Waals surface area contributed by atoms with Crippen molar-refractivity contribution in [2.45, 2.75) is 13.0 Å². The van der Waals surface area contributed by atoms with Crippen LogP contribution >= 0.6 is 0 Å². The molecule has 2 N–H and O–H groups in total. The molecule has 0 atom stereocenters. The molecule has 0 fully saturated rings. The van der Waals surface area contributed by atoms with E-state index >= 15 is 0 Å². The van der Waals surface area contributed by atoms with Gasteiger partial charge in [-0.3, -0.25) is 9.59 Å². The Morgan fingerprint density at radius 1 is 1.19 bits per heavy atom. The maximum atomic E-state index is 13.7. The summed E-state index contributed by atoms with van der Waals surface area (Å²) in [4.78, 5) is 24.3. The fraction of sp³-hybridized carbons (Fsp3) is 0.429. The summed E-state index contributed by atoms with van der Waals surface area (Å²) in [7, 11) is 3.28. The molecule has 0 unspecified atom stereocenters. The number of likely N-dealkylation sites (N-methyl/N-ethyl adjacent to an activating group) is 1. The molecule has 0 aliphatic carbocycles. The van der Waals surface area contributed by atoms with Gasteiger partial charge in [-0.25, -0.2) is 4.39 Å². The normalized spacial score (nSPS) is 10.7. The van der Waals surface area contributed by atoms with Gasteiger partial charge >= 0.3 is 11.9 Å². The van der Waals surface area contributed by atoms with Crippen molar-refractivity contribution in [3.05, 3.63) is 29.6 Å². The minimum absolute atomic E-state index is 0.0312. The van der Waals surface area contributed by atoms with Crippen molar-refractivity contribution >= 4 is 17.6 Å². The highest BCUT2D eigenvalue weighted by Crippen LogP contribution is 2.20. The standard InChI is InChI=1S/C14H19FN2O4/c1-16(6-5-13(18)19)8-10-3-4-11(15)12(7-10)17(2)9-14(20)21/h3-4,7H,5-6,8-9H2,1-2H3,(H,18,19)(H,20,21). The summed E-state index contributed by atoms with van der Waals surface area (Å²) >= 11 is 0. The third-order valence-electron chi connectivity index (χ3n) is 2.95. The topological polar surface area (TPSA) is 81.1 Å². The fourth-order valence-corrected chi connectivity index (χ4v) is 1.91. The summed E-state index contributed by atoms with van der Waals surface area (Å²) in [5.41, 5.74) is 0.998. The van der Waals surface area contributed by atoms with Gasteiger partial charge in [0.2, 0.25) is 0 Å². The average Bonchev–Trinajstić information content (AvgIpc) is 2.37. The Labute approximate surface area is 122 Å². The van der Waals surface area contributed by atoms with Crippen LogP contribution in [-0.4, -0.2) is 54.2 Å². The first-order valence-corrected chi connectivity index (χ1v) is 6.41. The number of carboxylic acid groups (broad SMARTS) is 2. The molecule has 6 nitrogen and oxygen atoms in total. The molecule has 1 aromatic rings. The monoisotopic (exact) mass is 298 g/mol. The third kappa shape index (κ3) is 5.78. The van der Waals surface area contributed by atoms with Crippen molar-refractivity contribution in [1.82, 2.24) is 4.90 Å². The molecule has 21 heavy (non-hydrogen) atoms. The van der Waals surface area contributed by atoms with Crippen molar-refractivity contribution in [2.75, 3.05) is 32.1 Å². The smallest absolute Gasteiger partial charge is 0.323 e. The predicted octanol–water partition coefficient (Wildman–Crippen LogP) is 1.25. The van der Waals surface area contributed by atoms with Gasteiger partial charge in [0.25, 0.3) is 0 Å². The van der Waals surface area contributed by atoms with E-state index in [1.807, 2.05) is 4.90 Å². The first-order chi connectivity index (χ1) is 9.79. The van der Waals surface area contributed by atoms with Crippen LogP contribution in [0.15, 0.2) is 18.2 Å². The highest BCUT2D eigenvalue weighted by Gasteiger charge is 2.12. The Morgan fingerprint density at radius 2 is 1.86 bits per heavy atom. The van der Waals surface area contributed by atoms with Crippen molar-refractivity contribution in [3.8, 4) is 0 Å². The zero-order valence-corrected chi connectivity index (χ0v) is 12.0. The van der Waals surface area contributed by atoms with E-state index in [9.17, 15) is 14.0 Å². The van der Waals surface area contributed by atoms with Crippen LogP contribution in [0.4, 0.5) is 10.1 Å². The lowest BCUT2D eigenvalue weighted by Crippen LogP contribution is -2.26. The summed E-state index contributed by atoms with van der Waals surface area (Å²) in [6.07, 6.45) is 0.0312. The maximum Gasteiger partial charge on any atom is 0.323 e. The van der Waals surface area contributed by atoms with Crippen LogP contribution in [0.25, 0.3) is 0 Å². The molecule has 0 radical (unpaired) electrons. The Balaban J connectivity index is 2.76. The number of nitrogens with zero attached hydrogens (tertiary/aromatic N) is 2. The van der Waals surface area contributed by atoms with Gasteiger partial charge < -0.3 is 20.0 Å². The summed E-state index contributed by atoms with van der Waals surface area (Å²) in [6, 6.07) is 4.47. The van der Waals surface area contributed by atoms with E-state index in [4.69, 9.17) is 10.2 Å². The maximum absolute atomic E-state index is 13.7. The molecule has 0 aliphatic heterocycles. The van der Waals surface area contributed by atoms with E-state index in [2.05, 4.69) is 0 Å². The molecule has 1 aromatic carbocycles. The van der Waals surface area contributed by atoms with Crippen LogP contribution in [0, 0.1) is 5.82 Å². The van der Waals surface area contributed by atoms with E-state index in [1.54, 1.807) is 19.2 Å². The summed E-state index contributed by atoms with van der Waals surface area (Å²) in [6.45, 7) is 0.545. The summed E-state index contributed by atoms with van der Waals surface area (Å²) < 4.78 is 13.7. The van der Waals surface area contributed by atoms with Gasteiger partial charge in [0.05, 0.1) is 12.1 Å². The summed E-state index contributed by atoms with van der Waals surface area (Å²) in [5.74, 6) is -2.40. The molecule has 0 aromatic heterocycles. The Morgan fingerprint density at radius 3 is 2.43 bits per heavy atom. The van der Waals surface area contributed by atoms with Crippen LogP contribution in [0.3, 0.4) is 0 Å². The molecule has 116 valence electrons. The third-order valence-corrected chi connectivity index (χ3v) is 2.95. The van der Waals surface area contributed by atoms with Crippen molar-refractivity contribution in [1.29, 1.82) is 0 Å². The van der Waals surface area contributed by atoms with Gasteiger partial charge in [-0.05, 0) is 24.7 Å². The molecule has 7 heteroatoms. The molecule has 0 saturated heterocycles. The summed E-state index contributed by atoms with van der Waals surface area (Å²) in [5, 5.41) is 17.4. The number of carboxylic acids is 2. The molecule has 0 amide bonds. The van der Waals surface area contributed by atoms with E-state index < -0.39 is 17.8 Å². The highest BCUT2D eigenvalue weighted by molar-refractivity contribution is 5.73. The zero-order chi connectivity index (χ0) is 16.0. The lowest BCUT2D eigenvalue weighted by molar-refractivity contribution is -0.137. The van der Waals surface area contributed by atoms with Gasteiger partial charge in [0.15, 0.2) is 0 Å². The average molecular weight is 298 g/mol. The minimum atomic E-state index is -1.04. The van der Waals surface area contributed by atoms with Crippen LogP contribution in [0.1, 0.15) is 12.0 Å². The highest BCUT2D eigenvalue weighted by atomic mass is 19.1. The lowest BCUT2D eigenvalue weighted by atomic mass is 10.1. The largest absolute Gasteiger partial charge is 0.481 e. The molecule has 0 bridgehead atoms. The van der Waals surface area contributed by atoms with E-state index in [0.29, 0.717) is 13.1 Å². The van der Waals surface area contributed by atoms with Gasteiger partial charge in [-0.2, -0.15) is 0 Å². The van der Waals surface area contributed by atoms with E-state index in [-0.39, 0.29) is 18.7 Å². The minimum Gasteiger partial charge on any atom is -0.481 e. The fourth-order valence-electron chi connectivity index (χ4n) is 1.91. The first-order valence-electron chi connectivity index (χ1n) is 6.41. The van der Waals surface area contributed by atoms with Crippen LogP contribution in [0.2, 0.25) is 0 Å². The van der Waals surface area contributed by atoms with Gasteiger partial charge in [-0.15, -0.1) is 0 Å². The van der Waals surface area contributed by atoms with Crippen molar-refractivity contribution in [2.24, 2.45) is 0 Å². The number of rotatable bonds is 8. The molecule has 0 spiro atoms. The van der Waals surface area contributed by atoms with Crippen molar-refractivity contribution < 1.29 is 24.2 Å². The number of hydrogen-bond acceptors (Lipinski definition) is 4. The SMILES string of the molecule is CN(CCC(=O)O)Cc1ccc(F)c(N(C)CC(=O)O)c1. The first kappa shape index (κ1) is 16.9. The Bertz CT molecular complexity index is 522. The van der Waals surface area contributed by atoms with Crippen LogP contribution in [0.5, 0.6) is 0 Å². The predicted molar refractivity (Wildman–Crippen MR) is 75.9 cm³/mol. The molecule has 1 rings (SSSR count). The lowest BCUT2D eigenvalue weighted by Gasteiger charge is -2.20. The number of benzene rings is 1. The molecular weight excluding hydrogens is 279 g/mol. The van der Waals surface area contributed by atoms with Gasteiger partial charge in [0, 0.05) is 20.1 Å². The molecule has 0 aliphatic rings. The Kier molecular flexibility index (Phi) is 6.10. The zero-order valence-electron chi connectivity index (χ0n) is 12.0. The molecular formula is C14H19FN2O4. The number of hydrogen-bond donors (Lipinski definition) is 2. The second-order valence-electron chi connectivity index (χ2n) is 4.92. The van der Waals surface area contributed by atoms with Gasteiger partial charge in [-0.1, -0.05) is 6.07 Å². The number of halogens is 1. The second-order valence-corrected chi connectivity index (χ2v) is 4.92. The van der Waals surface area contributed by atoms with Crippen LogP contribution < -0.4 is 4.90 Å². The van der Waals surface area contributed by atoms with E-state index in [0.717, 1.165) is 5.56 Å². The number of aliphatic carboxylic acids is 2. The molecule has 0 heterocycles. The second kappa shape index (κ2) is 7.58. The van der Waals surface area contributed by atoms with Crippen molar-refractivity contribution in [3.63, 3.8) is 0 Å². The number of carbonyl (C=O) groups is 2. The van der Waals surface area contributed by atoms with Gasteiger partial charge in [0.1, 0.15) is 12.4 Å². The van der Waals surface area contributed by atoms with Crippen LogP contribution in [-0.2, 0) is 16.1 Å². The quantitative estimate of drug-likeness (QED) is 0.752.